The van der Waals surface area contributed by atoms with Gasteiger partial charge in [0.2, 0.25) is 0 Å². The van der Waals surface area contributed by atoms with Gasteiger partial charge in [-0.05, 0) is 25.8 Å². The summed E-state index contributed by atoms with van der Waals surface area (Å²) in [5.74, 6) is 0. The molecule has 0 saturated carbocycles. The SMILES string of the molecule is CCc1nn(C)c(CNCCCCCCBr)c1Cl. The third-order valence-corrected chi connectivity index (χ3v) is 4.03. The molecule has 1 aromatic heterocycles. The zero-order chi connectivity index (χ0) is 13.4. The molecule has 1 aromatic rings. The van der Waals surface area contributed by atoms with Crippen molar-refractivity contribution in [2.24, 2.45) is 7.05 Å². The number of aromatic nitrogens is 2. The van der Waals surface area contributed by atoms with Crippen LogP contribution in [0.25, 0.3) is 0 Å². The van der Waals surface area contributed by atoms with Crippen molar-refractivity contribution >= 4 is 27.5 Å². The number of hydrogen-bond acceptors (Lipinski definition) is 2. The summed E-state index contributed by atoms with van der Waals surface area (Å²) in [7, 11) is 1.96. The van der Waals surface area contributed by atoms with Crippen molar-refractivity contribution in [3.8, 4) is 0 Å². The van der Waals surface area contributed by atoms with Crippen LogP contribution in [0.2, 0.25) is 5.02 Å². The molecule has 0 radical (unpaired) electrons. The van der Waals surface area contributed by atoms with E-state index in [4.69, 9.17) is 11.6 Å². The van der Waals surface area contributed by atoms with Gasteiger partial charge in [-0.2, -0.15) is 5.10 Å². The minimum Gasteiger partial charge on any atom is -0.311 e. The molecule has 104 valence electrons. The van der Waals surface area contributed by atoms with Gasteiger partial charge in [-0.25, -0.2) is 0 Å². The van der Waals surface area contributed by atoms with Crippen LogP contribution in [0.5, 0.6) is 0 Å². The van der Waals surface area contributed by atoms with E-state index in [9.17, 15) is 0 Å². The van der Waals surface area contributed by atoms with Crippen LogP contribution in [0.1, 0.15) is 44.0 Å². The van der Waals surface area contributed by atoms with Gasteiger partial charge >= 0.3 is 0 Å². The van der Waals surface area contributed by atoms with Crippen LogP contribution < -0.4 is 5.32 Å². The summed E-state index contributed by atoms with van der Waals surface area (Å²) >= 11 is 9.73. The molecule has 0 bridgehead atoms. The Balaban J connectivity index is 2.25. The van der Waals surface area contributed by atoms with Gasteiger partial charge in [-0.3, -0.25) is 4.68 Å². The largest absolute Gasteiger partial charge is 0.311 e. The monoisotopic (exact) mass is 335 g/mol. The maximum absolute atomic E-state index is 6.28. The predicted molar refractivity (Wildman–Crippen MR) is 81.6 cm³/mol. The van der Waals surface area contributed by atoms with E-state index in [1.165, 1.54) is 25.7 Å². The predicted octanol–water partition coefficient (Wildman–Crippen LogP) is 3.68. The number of nitrogens with one attached hydrogen (secondary N) is 1. The fourth-order valence-corrected chi connectivity index (χ4v) is 2.67. The molecule has 0 fully saturated rings. The third kappa shape index (κ3) is 4.90. The van der Waals surface area contributed by atoms with E-state index in [0.717, 1.165) is 41.3 Å². The third-order valence-electron chi connectivity index (χ3n) is 3.03. The van der Waals surface area contributed by atoms with Crippen molar-refractivity contribution in [2.75, 3.05) is 11.9 Å². The van der Waals surface area contributed by atoms with Crippen LogP contribution in [0, 0.1) is 0 Å². The molecule has 0 unspecified atom stereocenters. The second-order valence-corrected chi connectivity index (χ2v) is 5.64. The molecule has 0 spiro atoms. The molecule has 1 rings (SSSR count). The van der Waals surface area contributed by atoms with E-state index in [-0.39, 0.29) is 0 Å². The van der Waals surface area contributed by atoms with Crippen molar-refractivity contribution in [3.63, 3.8) is 0 Å². The molecule has 3 nitrogen and oxygen atoms in total. The van der Waals surface area contributed by atoms with E-state index in [1.807, 2.05) is 11.7 Å². The number of aryl methyl sites for hydroxylation is 2. The first kappa shape index (κ1) is 16.0. The van der Waals surface area contributed by atoms with Crippen molar-refractivity contribution in [3.05, 3.63) is 16.4 Å². The molecule has 18 heavy (non-hydrogen) atoms. The Kier molecular flexibility index (Phi) is 7.95. The lowest BCUT2D eigenvalue weighted by atomic mass is 10.2. The summed E-state index contributed by atoms with van der Waals surface area (Å²) in [6, 6.07) is 0. The average molecular weight is 337 g/mol. The zero-order valence-electron chi connectivity index (χ0n) is 11.3. The fraction of sp³-hybridized carbons (Fsp3) is 0.769. The van der Waals surface area contributed by atoms with E-state index in [1.54, 1.807) is 0 Å². The molecular formula is C13H23BrClN3. The highest BCUT2D eigenvalue weighted by Crippen LogP contribution is 2.20. The number of nitrogens with zero attached hydrogens (tertiary/aromatic N) is 2. The lowest BCUT2D eigenvalue weighted by Crippen LogP contribution is -2.17. The summed E-state index contributed by atoms with van der Waals surface area (Å²) in [5.41, 5.74) is 2.09. The second kappa shape index (κ2) is 8.94. The molecule has 1 heterocycles. The van der Waals surface area contributed by atoms with Gasteiger partial charge in [-0.15, -0.1) is 0 Å². The Morgan fingerprint density at radius 1 is 1.28 bits per heavy atom. The maximum atomic E-state index is 6.28. The summed E-state index contributed by atoms with van der Waals surface area (Å²) in [6.45, 7) is 3.93. The first-order chi connectivity index (χ1) is 8.70. The number of unbranched alkanes of at least 4 members (excludes halogenated alkanes) is 3. The normalized spacial score (nSPS) is 11.1. The van der Waals surface area contributed by atoms with Gasteiger partial charge in [-0.1, -0.05) is 47.3 Å². The van der Waals surface area contributed by atoms with Crippen LogP contribution >= 0.6 is 27.5 Å². The van der Waals surface area contributed by atoms with E-state index >= 15 is 0 Å². The first-order valence-corrected chi connectivity index (χ1v) is 8.17. The number of halogens is 2. The molecule has 0 aliphatic rings. The molecule has 0 aliphatic heterocycles. The molecule has 0 aliphatic carbocycles. The quantitative estimate of drug-likeness (QED) is 0.550. The molecule has 0 atom stereocenters. The molecule has 5 heteroatoms. The number of rotatable bonds is 9. The summed E-state index contributed by atoms with van der Waals surface area (Å²) in [6.07, 6.45) is 5.98. The first-order valence-electron chi connectivity index (χ1n) is 6.67. The lowest BCUT2D eigenvalue weighted by Gasteiger charge is -2.05. The second-order valence-electron chi connectivity index (χ2n) is 4.46. The van der Waals surface area contributed by atoms with Crippen molar-refractivity contribution in [1.82, 2.24) is 15.1 Å². The smallest absolute Gasteiger partial charge is 0.0863 e. The minimum absolute atomic E-state index is 0.806. The van der Waals surface area contributed by atoms with Crippen LogP contribution in [-0.2, 0) is 20.0 Å². The van der Waals surface area contributed by atoms with Gasteiger partial charge in [0.25, 0.3) is 0 Å². The van der Waals surface area contributed by atoms with Gasteiger partial charge in [0.15, 0.2) is 0 Å². The highest BCUT2D eigenvalue weighted by Gasteiger charge is 2.11. The summed E-state index contributed by atoms with van der Waals surface area (Å²) in [4.78, 5) is 0. The van der Waals surface area contributed by atoms with Crippen LogP contribution in [-0.4, -0.2) is 21.7 Å². The lowest BCUT2D eigenvalue weighted by molar-refractivity contribution is 0.578. The Labute approximate surface area is 123 Å². The minimum atomic E-state index is 0.806. The maximum Gasteiger partial charge on any atom is 0.0863 e. The van der Waals surface area contributed by atoms with E-state index < -0.39 is 0 Å². The highest BCUT2D eigenvalue weighted by molar-refractivity contribution is 9.09. The van der Waals surface area contributed by atoms with Crippen LogP contribution in [0.15, 0.2) is 0 Å². The van der Waals surface area contributed by atoms with Gasteiger partial charge in [0, 0.05) is 18.9 Å². The Morgan fingerprint density at radius 2 is 2.00 bits per heavy atom. The molecule has 0 saturated heterocycles. The standard InChI is InChI=1S/C13H23BrClN3/c1-3-11-13(15)12(18(2)17-11)10-16-9-7-5-4-6-8-14/h16H,3-10H2,1-2H3. The molecule has 0 amide bonds. The number of hydrogen-bond donors (Lipinski definition) is 1. The molecule has 1 N–H and O–H groups in total. The summed E-state index contributed by atoms with van der Waals surface area (Å²) in [5, 5.41) is 9.79. The molecule has 0 aromatic carbocycles. The Hall–Kier alpha value is -0.0600. The topological polar surface area (TPSA) is 29.9 Å². The van der Waals surface area contributed by atoms with Crippen molar-refractivity contribution < 1.29 is 0 Å². The Bertz CT molecular complexity index is 352. The number of alkyl halides is 1. The van der Waals surface area contributed by atoms with Gasteiger partial charge in [0.1, 0.15) is 0 Å². The van der Waals surface area contributed by atoms with Gasteiger partial charge < -0.3 is 5.32 Å². The molecular weight excluding hydrogens is 314 g/mol. The van der Waals surface area contributed by atoms with Crippen molar-refractivity contribution in [1.29, 1.82) is 0 Å². The fourth-order valence-electron chi connectivity index (χ4n) is 1.92. The summed E-state index contributed by atoms with van der Waals surface area (Å²) < 4.78 is 1.89. The Morgan fingerprint density at radius 3 is 2.61 bits per heavy atom. The van der Waals surface area contributed by atoms with E-state index in [0.29, 0.717) is 0 Å². The average Bonchev–Trinajstić information content (AvgIpc) is 2.64. The van der Waals surface area contributed by atoms with E-state index in [2.05, 4.69) is 33.3 Å². The highest BCUT2D eigenvalue weighted by atomic mass is 79.9. The zero-order valence-corrected chi connectivity index (χ0v) is 13.6. The van der Waals surface area contributed by atoms with Crippen molar-refractivity contribution in [2.45, 2.75) is 45.6 Å². The van der Waals surface area contributed by atoms with Gasteiger partial charge in [0.05, 0.1) is 16.4 Å². The van der Waals surface area contributed by atoms with Crippen LogP contribution in [0.4, 0.5) is 0 Å². The van der Waals surface area contributed by atoms with Crippen LogP contribution in [0.3, 0.4) is 0 Å².